The molecular formula is C32H25F6N7O4. The largest absolute Gasteiger partial charge is 0.487 e. The molecule has 5 heterocycles. The Morgan fingerprint density at radius 2 is 1.86 bits per heavy atom. The number of halogens is 6. The number of rotatable bonds is 6. The van der Waals surface area contributed by atoms with Gasteiger partial charge in [0.1, 0.15) is 35.0 Å². The summed E-state index contributed by atoms with van der Waals surface area (Å²) in [6, 6.07) is 9.81. The molecule has 0 radical (unpaired) electrons. The maximum atomic E-state index is 14.2. The van der Waals surface area contributed by atoms with Gasteiger partial charge in [0.05, 0.1) is 24.1 Å². The minimum absolute atomic E-state index is 0.00635. The third-order valence-corrected chi connectivity index (χ3v) is 9.11. The molecule has 4 aliphatic rings. The maximum Gasteiger partial charge on any atom is 0.451 e. The van der Waals surface area contributed by atoms with E-state index in [1.807, 2.05) is 0 Å². The van der Waals surface area contributed by atoms with E-state index < -0.39 is 41.8 Å². The second kappa shape index (κ2) is 11.2. The zero-order valence-corrected chi connectivity index (χ0v) is 25.2. The molecule has 1 saturated carbocycles. The van der Waals surface area contributed by atoms with E-state index in [0.717, 1.165) is 21.8 Å². The van der Waals surface area contributed by atoms with E-state index in [-0.39, 0.29) is 55.0 Å². The lowest BCUT2D eigenvalue weighted by molar-refractivity contribution is -0.148. The Labute approximate surface area is 273 Å². The molecule has 11 nitrogen and oxygen atoms in total. The zero-order chi connectivity index (χ0) is 34.2. The van der Waals surface area contributed by atoms with Gasteiger partial charge in [-0.3, -0.25) is 14.5 Å². The Hall–Kier alpha value is -5.19. The number of nitrogens with zero attached hydrogens (tertiary/aromatic N) is 5. The minimum Gasteiger partial charge on any atom is -0.487 e. The van der Waals surface area contributed by atoms with Crippen molar-refractivity contribution in [1.29, 1.82) is 0 Å². The van der Waals surface area contributed by atoms with Crippen LogP contribution in [0.3, 0.4) is 0 Å². The first-order valence-corrected chi connectivity index (χ1v) is 15.3. The summed E-state index contributed by atoms with van der Waals surface area (Å²) in [7, 11) is 0. The standard InChI is InChI=1S/C32H25F6N7O4/c33-31(34,35)20-11-15(1-2-16(20)13-44-9-10-45-23(14-44)42-43-30(45)32(36,37)38)29(47)41-26-25-19-12-17(3-5-21(19)49-27(25)26)48-22-7-8-39-28-18(22)4-6-24(46)40-28/h1-3,5,7-8,11-12,25-27H,4,6,9-10,13-14H2,(H,41,47)(H,39,40,46)/t25-,26-,27-/m0/s1. The van der Waals surface area contributed by atoms with E-state index in [0.29, 0.717) is 35.9 Å². The second-order valence-electron chi connectivity index (χ2n) is 12.3. The van der Waals surface area contributed by atoms with Crippen LogP contribution in [-0.4, -0.2) is 55.2 Å². The molecule has 3 atom stereocenters. The normalized spacial score (nSPS) is 21.1. The van der Waals surface area contributed by atoms with Crippen LogP contribution in [0.5, 0.6) is 17.2 Å². The molecule has 1 fully saturated rings. The predicted molar refractivity (Wildman–Crippen MR) is 157 cm³/mol. The fraction of sp³-hybridized carbons (Fsp3) is 0.344. The molecule has 2 aromatic carbocycles. The Kier molecular flexibility index (Phi) is 7.10. The number of alkyl halides is 6. The molecule has 8 rings (SSSR count). The molecule has 49 heavy (non-hydrogen) atoms. The third kappa shape index (κ3) is 5.70. The minimum atomic E-state index is -4.79. The van der Waals surface area contributed by atoms with Gasteiger partial charge in [0, 0.05) is 48.9 Å². The first-order chi connectivity index (χ1) is 23.3. The molecule has 254 valence electrons. The summed E-state index contributed by atoms with van der Waals surface area (Å²) in [4.78, 5) is 30.7. The number of pyridine rings is 1. The van der Waals surface area contributed by atoms with Crippen LogP contribution in [0.4, 0.5) is 32.2 Å². The smallest absolute Gasteiger partial charge is 0.451 e. The van der Waals surface area contributed by atoms with Crippen LogP contribution in [-0.2, 0) is 43.2 Å². The van der Waals surface area contributed by atoms with Gasteiger partial charge in [0.15, 0.2) is 0 Å². The molecule has 2 N–H and O–H groups in total. The van der Waals surface area contributed by atoms with Crippen LogP contribution in [0.2, 0.25) is 0 Å². The van der Waals surface area contributed by atoms with Crippen molar-refractivity contribution in [3.05, 3.63) is 88.1 Å². The number of anilines is 1. The molecule has 0 saturated heterocycles. The molecule has 2 aromatic heterocycles. The summed E-state index contributed by atoms with van der Waals surface area (Å²) >= 11 is 0. The maximum absolute atomic E-state index is 14.2. The van der Waals surface area contributed by atoms with Crippen molar-refractivity contribution in [3.8, 4) is 17.2 Å². The molecule has 0 unspecified atom stereocenters. The van der Waals surface area contributed by atoms with Gasteiger partial charge in [-0.2, -0.15) is 26.3 Å². The van der Waals surface area contributed by atoms with Gasteiger partial charge in [0.2, 0.25) is 11.7 Å². The summed E-state index contributed by atoms with van der Waals surface area (Å²) in [5, 5.41) is 12.3. The number of carbonyl (C=O) groups excluding carboxylic acids is 2. The van der Waals surface area contributed by atoms with Crippen LogP contribution in [0, 0.1) is 0 Å². The van der Waals surface area contributed by atoms with Gasteiger partial charge >= 0.3 is 12.4 Å². The van der Waals surface area contributed by atoms with E-state index in [9.17, 15) is 35.9 Å². The Morgan fingerprint density at radius 3 is 2.65 bits per heavy atom. The first-order valence-electron chi connectivity index (χ1n) is 15.3. The molecule has 3 aliphatic heterocycles. The van der Waals surface area contributed by atoms with Gasteiger partial charge in [-0.1, -0.05) is 6.07 Å². The topological polar surface area (TPSA) is 124 Å². The molecule has 0 bridgehead atoms. The number of amides is 2. The molecule has 0 spiro atoms. The van der Waals surface area contributed by atoms with Gasteiger partial charge in [-0.05, 0) is 48.4 Å². The fourth-order valence-electron chi connectivity index (χ4n) is 6.70. The highest BCUT2D eigenvalue weighted by molar-refractivity contribution is 5.95. The number of carbonyl (C=O) groups is 2. The van der Waals surface area contributed by atoms with Crippen LogP contribution in [0.1, 0.15) is 56.6 Å². The first kappa shape index (κ1) is 31.1. The monoisotopic (exact) mass is 685 g/mol. The number of benzene rings is 2. The summed E-state index contributed by atoms with van der Waals surface area (Å²) in [5.74, 6) is -0.0729. The average molecular weight is 686 g/mol. The molecule has 17 heteroatoms. The average Bonchev–Trinajstić information content (AvgIpc) is 3.35. The summed E-state index contributed by atoms with van der Waals surface area (Å²) in [6.07, 6.45) is -7.56. The van der Waals surface area contributed by atoms with Crippen molar-refractivity contribution in [2.24, 2.45) is 0 Å². The molecular weight excluding hydrogens is 660 g/mol. The van der Waals surface area contributed by atoms with Crippen molar-refractivity contribution in [2.45, 2.75) is 62.9 Å². The number of ether oxygens (including phenoxy) is 2. The van der Waals surface area contributed by atoms with E-state index in [1.165, 1.54) is 18.3 Å². The highest BCUT2D eigenvalue weighted by atomic mass is 19.4. The van der Waals surface area contributed by atoms with Crippen LogP contribution in [0.15, 0.2) is 48.7 Å². The van der Waals surface area contributed by atoms with Crippen LogP contribution >= 0.6 is 0 Å². The Balaban J connectivity index is 0.949. The lowest BCUT2D eigenvalue weighted by atomic mass is 10.0. The number of nitrogens with one attached hydrogen (secondary N) is 2. The van der Waals surface area contributed by atoms with Crippen molar-refractivity contribution in [1.82, 2.24) is 30.0 Å². The summed E-state index contributed by atoms with van der Waals surface area (Å²) in [6.45, 7) is -0.420. The Bertz CT molecular complexity index is 2010. The van der Waals surface area contributed by atoms with Crippen LogP contribution in [0.25, 0.3) is 0 Å². The second-order valence-corrected chi connectivity index (χ2v) is 12.3. The van der Waals surface area contributed by atoms with Crippen molar-refractivity contribution in [2.75, 3.05) is 11.9 Å². The zero-order valence-electron chi connectivity index (χ0n) is 25.2. The van der Waals surface area contributed by atoms with Crippen molar-refractivity contribution >= 4 is 17.6 Å². The van der Waals surface area contributed by atoms with E-state index in [2.05, 4.69) is 25.8 Å². The van der Waals surface area contributed by atoms with E-state index in [1.54, 1.807) is 29.2 Å². The molecule has 2 amide bonds. The lowest BCUT2D eigenvalue weighted by Crippen LogP contribution is -2.35. The predicted octanol–water partition coefficient (Wildman–Crippen LogP) is 5.06. The Morgan fingerprint density at radius 1 is 1.02 bits per heavy atom. The molecule has 1 aliphatic carbocycles. The van der Waals surface area contributed by atoms with Crippen molar-refractivity contribution < 1.29 is 45.4 Å². The highest BCUT2D eigenvalue weighted by Gasteiger charge is 2.60. The van der Waals surface area contributed by atoms with Crippen LogP contribution < -0.4 is 20.1 Å². The van der Waals surface area contributed by atoms with Crippen molar-refractivity contribution in [3.63, 3.8) is 0 Å². The number of hydrogen-bond donors (Lipinski definition) is 2. The number of hydrogen-bond acceptors (Lipinski definition) is 8. The number of aromatic nitrogens is 4. The fourth-order valence-corrected chi connectivity index (χ4v) is 6.70. The highest BCUT2D eigenvalue weighted by Crippen LogP contribution is 2.55. The van der Waals surface area contributed by atoms with E-state index in [4.69, 9.17) is 9.47 Å². The van der Waals surface area contributed by atoms with Gasteiger partial charge in [0.25, 0.3) is 5.91 Å². The van der Waals surface area contributed by atoms with Gasteiger partial charge < -0.3 is 24.7 Å². The quantitative estimate of drug-likeness (QED) is 0.270. The number of fused-ring (bicyclic) bond motifs is 5. The lowest BCUT2D eigenvalue weighted by Gasteiger charge is -2.29. The van der Waals surface area contributed by atoms with Gasteiger partial charge in [-0.15, -0.1) is 10.2 Å². The van der Waals surface area contributed by atoms with Gasteiger partial charge in [-0.25, -0.2) is 4.98 Å². The summed E-state index contributed by atoms with van der Waals surface area (Å²) < 4.78 is 95.2. The SMILES string of the molecule is O=C1CCc2c(Oc3ccc4c(c3)[C@H]3[C@H](NC(=O)c5ccc(CN6CCn7c(nnc7C(F)(F)F)C6)c(C(F)(F)F)c5)[C@H]3O4)ccnc2N1. The third-order valence-electron chi connectivity index (χ3n) is 9.11. The molecule has 4 aromatic rings. The van der Waals surface area contributed by atoms with E-state index >= 15 is 0 Å². The summed E-state index contributed by atoms with van der Waals surface area (Å²) in [5.41, 5.74) is 0.230.